The molecule has 0 fully saturated rings. The number of nitrogens with one attached hydrogen (secondary N) is 1. The molecule has 0 saturated heterocycles. The average molecular weight is 191 g/mol. The molecule has 0 atom stereocenters. The number of amides is 1. The summed E-state index contributed by atoms with van der Waals surface area (Å²) in [6.07, 6.45) is 1.32. The molecule has 14 heavy (non-hydrogen) atoms. The van der Waals surface area contributed by atoms with Crippen LogP contribution in [0.15, 0.2) is 49.1 Å². The van der Waals surface area contributed by atoms with Gasteiger partial charge in [-0.1, -0.05) is 31.4 Å². The van der Waals surface area contributed by atoms with Crippen LogP contribution in [0.1, 0.15) is 0 Å². The molecule has 0 aliphatic rings. The van der Waals surface area contributed by atoms with E-state index in [0.29, 0.717) is 0 Å². The summed E-state index contributed by atoms with van der Waals surface area (Å²) in [5.41, 5.74) is 0.341. The molecule has 0 unspecified atom stereocenters. The maximum absolute atomic E-state index is 13.0. The van der Waals surface area contributed by atoms with Gasteiger partial charge in [-0.3, -0.25) is 4.79 Å². The van der Waals surface area contributed by atoms with E-state index in [9.17, 15) is 9.18 Å². The van der Waals surface area contributed by atoms with Crippen LogP contribution in [0, 0.1) is 5.82 Å². The first-order valence-electron chi connectivity index (χ1n) is 4.02. The molecular weight excluding hydrogens is 181 g/mol. The Morgan fingerprint density at radius 2 is 2.07 bits per heavy atom. The molecule has 72 valence electrons. The summed E-state index contributed by atoms with van der Waals surface area (Å²) in [5.74, 6) is -0.928. The Morgan fingerprint density at radius 3 is 2.64 bits per heavy atom. The summed E-state index contributed by atoms with van der Waals surface area (Å²) in [6, 6.07) is 5.93. The molecule has 1 aromatic rings. The number of para-hydroxylation sites is 1. The average Bonchev–Trinajstić information content (AvgIpc) is 2.20. The van der Waals surface area contributed by atoms with Crippen molar-refractivity contribution < 1.29 is 9.18 Å². The smallest absolute Gasteiger partial charge is 0.255 e. The van der Waals surface area contributed by atoms with Crippen LogP contribution in [0.5, 0.6) is 0 Å². The third-order valence-electron chi connectivity index (χ3n) is 1.66. The van der Waals surface area contributed by atoms with E-state index in [1.807, 2.05) is 0 Å². The highest BCUT2D eigenvalue weighted by Crippen LogP contribution is 2.13. The minimum atomic E-state index is -0.474. The second-order valence-corrected chi connectivity index (χ2v) is 2.66. The van der Waals surface area contributed by atoms with Gasteiger partial charge in [0.1, 0.15) is 5.82 Å². The van der Waals surface area contributed by atoms with Crippen LogP contribution in [-0.4, -0.2) is 5.91 Å². The summed E-state index contributed by atoms with van der Waals surface area (Å²) in [7, 11) is 0. The monoisotopic (exact) mass is 191 g/mol. The number of hydrogen-bond acceptors (Lipinski definition) is 1. The fourth-order valence-corrected chi connectivity index (χ4v) is 0.858. The van der Waals surface area contributed by atoms with Gasteiger partial charge in [-0.05, 0) is 12.1 Å². The number of halogens is 1. The van der Waals surface area contributed by atoms with Gasteiger partial charge in [0.05, 0.1) is 5.69 Å². The molecule has 1 rings (SSSR count). The Kier molecular flexibility index (Phi) is 3.18. The molecule has 0 spiro atoms. The van der Waals surface area contributed by atoms with Crippen molar-refractivity contribution in [3.63, 3.8) is 0 Å². The van der Waals surface area contributed by atoms with Crippen LogP contribution in [0.4, 0.5) is 10.1 Å². The molecule has 1 N–H and O–H groups in total. The van der Waals surface area contributed by atoms with Gasteiger partial charge in [-0.15, -0.1) is 0 Å². The summed E-state index contributed by atoms with van der Waals surface area (Å²) >= 11 is 0. The van der Waals surface area contributed by atoms with Crippen LogP contribution in [0.2, 0.25) is 0 Å². The summed E-state index contributed by atoms with van der Waals surface area (Å²) < 4.78 is 13.0. The maximum Gasteiger partial charge on any atom is 0.255 e. The predicted octanol–water partition coefficient (Wildman–Crippen LogP) is 2.51. The van der Waals surface area contributed by atoms with Crippen molar-refractivity contribution in [2.24, 2.45) is 0 Å². The van der Waals surface area contributed by atoms with Gasteiger partial charge in [0, 0.05) is 5.57 Å². The second-order valence-electron chi connectivity index (χ2n) is 2.66. The number of carbonyl (C=O) groups is 1. The molecule has 2 nitrogen and oxygen atoms in total. The van der Waals surface area contributed by atoms with Gasteiger partial charge >= 0.3 is 0 Å². The lowest BCUT2D eigenvalue weighted by Crippen LogP contribution is -2.13. The molecule has 0 bridgehead atoms. The van der Waals surface area contributed by atoms with Crippen LogP contribution >= 0.6 is 0 Å². The highest BCUT2D eigenvalue weighted by molar-refractivity contribution is 6.05. The predicted molar refractivity (Wildman–Crippen MR) is 54.4 cm³/mol. The topological polar surface area (TPSA) is 29.1 Å². The minimum Gasteiger partial charge on any atom is -0.319 e. The molecule has 0 aliphatic carbocycles. The first-order valence-corrected chi connectivity index (χ1v) is 4.02. The Bertz CT molecular complexity index is 385. The zero-order valence-electron chi connectivity index (χ0n) is 7.59. The number of anilines is 1. The molecule has 3 heteroatoms. The number of benzene rings is 1. The van der Waals surface area contributed by atoms with Crippen LogP contribution in [0.3, 0.4) is 0 Å². The fourth-order valence-electron chi connectivity index (χ4n) is 0.858. The first-order chi connectivity index (χ1) is 6.65. The molecule has 1 aromatic carbocycles. The van der Waals surface area contributed by atoms with E-state index in [0.717, 1.165) is 0 Å². The molecule has 1 amide bonds. The van der Waals surface area contributed by atoms with Gasteiger partial charge in [0.2, 0.25) is 0 Å². The standard InChI is InChI=1S/C11H10FNO/c1-3-8(2)11(14)13-10-7-5-4-6-9(10)12/h3-7H,1-2H2,(H,13,14). The van der Waals surface area contributed by atoms with Crippen molar-refractivity contribution >= 4 is 11.6 Å². The Morgan fingerprint density at radius 1 is 1.43 bits per heavy atom. The number of carbonyl (C=O) groups excluding carboxylic acids is 1. The third-order valence-corrected chi connectivity index (χ3v) is 1.66. The zero-order chi connectivity index (χ0) is 10.6. The van der Waals surface area contributed by atoms with E-state index in [1.54, 1.807) is 12.1 Å². The van der Waals surface area contributed by atoms with Crippen molar-refractivity contribution in [3.8, 4) is 0 Å². The van der Waals surface area contributed by atoms with E-state index in [-0.39, 0.29) is 11.3 Å². The highest BCUT2D eigenvalue weighted by Gasteiger charge is 2.06. The van der Waals surface area contributed by atoms with E-state index in [4.69, 9.17) is 0 Å². The van der Waals surface area contributed by atoms with Gasteiger partial charge < -0.3 is 5.32 Å². The molecule has 0 heterocycles. The quantitative estimate of drug-likeness (QED) is 0.577. The molecule has 0 aliphatic heterocycles. The zero-order valence-corrected chi connectivity index (χ0v) is 7.59. The lowest BCUT2D eigenvalue weighted by molar-refractivity contribution is -0.112. The summed E-state index contributed by atoms with van der Waals surface area (Å²) in [5, 5.41) is 2.38. The van der Waals surface area contributed by atoms with Gasteiger partial charge in [-0.2, -0.15) is 0 Å². The van der Waals surface area contributed by atoms with Gasteiger partial charge in [-0.25, -0.2) is 4.39 Å². The van der Waals surface area contributed by atoms with Gasteiger partial charge in [0.25, 0.3) is 5.91 Å². The van der Waals surface area contributed by atoms with Crippen LogP contribution in [0.25, 0.3) is 0 Å². The van der Waals surface area contributed by atoms with E-state index >= 15 is 0 Å². The highest BCUT2D eigenvalue weighted by atomic mass is 19.1. The Labute approximate surface area is 81.8 Å². The van der Waals surface area contributed by atoms with E-state index in [1.165, 1.54) is 18.2 Å². The van der Waals surface area contributed by atoms with Gasteiger partial charge in [0.15, 0.2) is 0 Å². The third kappa shape index (κ3) is 2.29. The van der Waals surface area contributed by atoms with E-state index in [2.05, 4.69) is 18.5 Å². The summed E-state index contributed by atoms with van der Waals surface area (Å²) in [6.45, 7) is 6.84. The normalized spacial score (nSPS) is 9.21. The fraction of sp³-hybridized carbons (Fsp3) is 0. The summed E-state index contributed by atoms with van der Waals surface area (Å²) in [4.78, 5) is 11.2. The van der Waals surface area contributed by atoms with Crippen molar-refractivity contribution in [2.45, 2.75) is 0 Å². The molecule has 0 aromatic heterocycles. The number of hydrogen-bond donors (Lipinski definition) is 1. The minimum absolute atomic E-state index is 0.139. The molecule has 0 radical (unpaired) electrons. The van der Waals surface area contributed by atoms with E-state index < -0.39 is 11.7 Å². The lowest BCUT2D eigenvalue weighted by atomic mass is 10.2. The van der Waals surface area contributed by atoms with Crippen molar-refractivity contribution in [2.75, 3.05) is 5.32 Å². The number of rotatable bonds is 3. The largest absolute Gasteiger partial charge is 0.319 e. The molecular formula is C11H10FNO. The SMILES string of the molecule is C=CC(=C)C(=O)Nc1ccccc1F. The van der Waals surface area contributed by atoms with Crippen molar-refractivity contribution in [1.82, 2.24) is 0 Å². The van der Waals surface area contributed by atoms with Crippen molar-refractivity contribution in [3.05, 3.63) is 54.9 Å². The second kappa shape index (κ2) is 4.37. The van der Waals surface area contributed by atoms with Crippen LogP contribution in [-0.2, 0) is 4.79 Å². The van der Waals surface area contributed by atoms with Crippen molar-refractivity contribution in [1.29, 1.82) is 0 Å². The lowest BCUT2D eigenvalue weighted by Gasteiger charge is -2.05. The Hall–Kier alpha value is -1.90. The molecule has 0 saturated carbocycles. The first kappa shape index (κ1) is 10.2. The maximum atomic E-state index is 13.0. The Balaban J connectivity index is 2.79. The van der Waals surface area contributed by atoms with Crippen LogP contribution < -0.4 is 5.32 Å².